The number of nitriles is 1. The lowest BCUT2D eigenvalue weighted by Crippen LogP contribution is -2.23. The molecule has 1 unspecified atom stereocenters. The summed E-state index contributed by atoms with van der Waals surface area (Å²) in [6, 6.07) is 11.0. The van der Waals surface area contributed by atoms with Crippen molar-refractivity contribution in [2.45, 2.75) is 18.8 Å². The first kappa shape index (κ1) is 13.3. The van der Waals surface area contributed by atoms with Crippen LogP contribution in [0.3, 0.4) is 0 Å². The van der Waals surface area contributed by atoms with Gasteiger partial charge < -0.3 is 0 Å². The van der Waals surface area contributed by atoms with Gasteiger partial charge >= 0.3 is 0 Å². The van der Waals surface area contributed by atoms with Crippen LogP contribution in [0.4, 0.5) is 4.39 Å². The van der Waals surface area contributed by atoms with E-state index in [9.17, 15) is 9.65 Å². The quantitative estimate of drug-likeness (QED) is 0.804. The van der Waals surface area contributed by atoms with Crippen molar-refractivity contribution in [2.24, 2.45) is 0 Å². The maximum absolute atomic E-state index is 14.0. The summed E-state index contributed by atoms with van der Waals surface area (Å²) in [5.41, 5.74) is -0.392. The summed E-state index contributed by atoms with van der Waals surface area (Å²) < 4.78 is 14.7. The minimum atomic E-state index is -0.838. The Balaban J connectivity index is 2.41. The van der Waals surface area contributed by atoms with Crippen molar-refractivity contribution in [1.29, 1.82) is 5.26 Å². The third-order valence-corrected chi connectivity index (χ3v) is 4.25. The van der Waals surface area contributed by atoms with Crippen molar-refractivity contribution in [3.8, 4) is 6.07 Å². The summed E-state index contributed by atoms with van der Waals surface area (Å²) >= 11 is 4.81. The molecular formula is C14H11BrFNS. The second-order valence-electron chi connectivity index (χ2n) is 4.32. The molecule has 4 heteroatoms. The normalized spacial score (nSPS) is 13.9. The van der Waals surface area contributed by atoms with Crippen LogP contribution in [0.15, 0.2) is 40.2 Å². The van der Waals surface area contributed by atoms with E-state index < -0.39 is 5.41 Å². The largest absolute Gasteiger partial charge is 0.207 e. The van der Waals surface area contributed by atoms with Gasteiger partial charge in [-0.05, 0) is 30.5 Å². The summed E-state index contributed by atoms with van der Waals surface area (Å²) in [7, 11) is 0. The SMILES string of the molecule is CC(C#N)(Cc1cccs1)c1ccc(Br)cc1F. The van der Waals surface area contributed by atoms with Crippen LogP contribution in [0.5, 0.6) is 0 Å². The van der Waals surface area contributed by atoms with Crippen molar-refractivity contribution in [3.05, 3.63) is 56.4 Å². The van der Waals surface area contributed by atoms with E-state index in [0.717, 1.165) is 4.88 Å². The molecule has 0 N–H and O–H groups in total. The second kappa shape index (κ2) is 5.21. The summed E-state index contributed by atoms with van der Waals surface area (Å²) in [5, 5.41) is 11.4. The molecule has 0 aliphatic rings. The van der Waals surface area contributed by atoms with Crippen molar-refractivity contribution in [3.63, 3.8) is 0 Å². The lowest BCUT2D eigenvalue weighted by molar-refractivity contribution is 0.536. The predicted molar refractivity (Wildman–Crippen MR) is 75.1 cm³/mol. The van der Waals surface area contributed by atoms with Crippen LogP contribution in [0.2, 0.25) is 0 Å². The average molecular weight is 324 g/mol. The number of halogens is 2. The van der Waals surface area contributed by atoms with Crippen LogP contribution in [-0.4, -0.2) is 0 Å². The van der Waals surface area contributed by atoms with E-state index in [-0.39, 0.29) is 5.82 Å². The van der Waals surface area contributed by atoms with Crippen LogP contribution < -0.4 is 0 Å². The molecule has 1 atom stereocenters. The highest BCUT2D eigenvalue weighted by Crippen LogP contribution is 2.32. The molecule has 2 rings (SSSR count). The van der Waals surface area contributed by atoms with E-state index >= 15 is 0 Å². The number of hydrogen-bond donors (Lipinski definition) is 0. The first-order valence-corrected chi connectivity index (χ1v) is 7.11. The number of rotatable bonds is 3. The smallest absolute Gasteiger partial charge is 0.129 e. The maximum Gasteiger partial charge on any atom is 0.129 e. The van der Waals surface area contributed by atoms with Gasteiger partial charge in [0.15, 0.2) is 0 Å². The van der Waals surface area contributed by atoms with Crippen LogP contribution in [0.25, 0.3) is 0 Å². The molecule has 1 aromatic carbocycles. The van der Waals surface area contributed by atoms with E-state index in [2.05, 4.69) is 22.0 Å². The molecule has 0 fully saturated rings. The lowest BCUT2D eigenvalue weighted by Gasteiger charge is -2.22. The zero-order valence-corrected chi connectivity index (χ0v) is 12.2. The van der Waals surface area contributed by atoms with E-state index in [1.807, 2.05) is 17.5 Å². The average Bonchev–Trinajstić information content (AvgIpc) is 2.81. The van der Waals surface area contributed by atoms with Gasteiger partial charge in [0.1, 0.15) is 5.82 Å². The predicted octanol–water partition coefficient (Wildman–Crippen LogP) is 4.67. The highest BCUT2D eigenvalue weighted by molar-refractivity contribution is 9.10. The van der Waals surface area contributed by atoms with Crippen molar-refractivity contribution < 1.29 is 4.39 Å². The van der Waals surface area contributed by atoms with Gasteiger partial charge in [0, 0.05) is 21.3 Å². The Morgan fingerprint density at radius 2 is 2.22 bits per heavy atom. The summed E-state index contributed by atoms with van der Waals surface area (Å²) in [4.78, 5) is 1.08. The van der Waals surface area contributed by atoms with Crippen LogP contribution >= 0.6 is 27.3 Å². The Labute approximate surface area is 118 Å². The van der Waals surface area contributed by atoms with Gasteiger partial charge in [-0.15, -0.1) is 11.3 Å². The van der Waals surface area contributed by atoms with Gasteiger partial charge in [0.2, 0.25) is 0 Å². The van der Waals surface area contributed by atoms with Crippen LogP contribution in [-0.2, 0) is 11.8 Å². The summed E-state index contributed by atoms with van der Waals surface area (Å²) in [5.74, 6) is -0.343. The third kappa shape index (κ3) is 2.63. The molecule has 1 nitrogen and oxygen atoms in total. The number of nitrogens with zero attached hydrogens (tertiary/aromatic N) is 1. The zero-order valence-electron chi connectivity index (χ0n) is 9.78. The number of benzene rings is 1. The highest BCUT2D eigenvalue weighted by atomic mass is 79.9. The number of thiophene rings is 1. The molecule has 0 saturated heterocycles. The Morgan fingerprint density at radius 3 is 2.78 bits per heavy atom. The topological polar surface area (TPSA) is 23.8 Å². The Hall–Kier alpha value is -1.18. The maximum atomic E-state index is 14.0. The van der Waals surface area contributed by atoms with E-state index in [1.165, 1.54) is 6.07 Å². The van der Waals surface area contributed by atoms with Gasteiger partial charge in [-0.1, -0.05) is 28.1 Å². The molecular weight excluding hydrogens is 313 g/mol. The standard InChI is InChI=1S/C14H11BrFNS/c1-14(9-17,8-11-3-2-6-18-11)12-5-4-10(15)7-13(12)16/h2-7H,8H2,1H3. The van der Waals surface area contributed by atoms with E-state index in [0.29, 0.717) is 16.5 Å². The lowest BCUT2D eigenvalue weighted by atomic mass is 9.80. The van der Waals surface area contributed by atoms with Crippen LogP contribution in [0, 0.1) is 17.1 Å². The fourth-order valence-electron chi connectivity index (χ4n) is 1.89. The molecule has 0 saturated carbocycles. The Kier molecular flexibility index (Phi) is 3.84. The van der Waals surface area contributed by atoms with Gasteiger partial charge in [0.05, 0.1) is 11.5 Å². The molecule has 18 heavy (non-hydrogen) atoms. The fourth-order valence-corrected chi connectivity index (χ4v) is 3.09. The molecule has 1 aromatic heterocycles. The molecule has 0 spiro atoms. The molecule has 0 amide bonds. The molecule has 0 radical (unpaired) electrons. The minimum absolute atomic E-state index is 0.343. The zero-order chi connectivity index (χ0) is 13.2. The van der Waals surface area contributed by atoms with Gasteiger partial charge in [-0.3, -0.25) is 0 Å². The van der Waals surface area contributed by atoms with Gasteiger partial charge in [0.25, 0.3) is 0 Å². The summed E-state index contributed by atoms with van der Waals surface area (Å²) in [6.07, 6.45) is 0.527. The van der Waals surface area contributed by atoms with Crippen LogP contribution in [0.1, 0.15) is 17.4 Å². The molecule has 1 heterocycles. The third-order valence-electron chi connectivity index (χ3n) is 2.88. The highest BCUT2D eigenvalue weighted by Gasteiger charge is 2.30. The first-order chi connectivity index (χ1) is 8.55. The van der Waals surface area contributed by atoms with Gasteiger partial charge in [-0.25, -0.2) is 4.39 Å². The monoisotopic (exact) mass is 323 g/mol. The molecule has 92 valence electrons. The van der Waals surface area contributed by atoms with Crippen molar-refractivity contribution >= 4 is 27.3 Å². The fraction of sp³-hybridized carbons (Fsp3) is 0.214. The Morgan fingerprint density at radius 1 is 1.44 bits per heavy atom. The van der Waals surface area contributed by atoms with E-state index in [1.54, 1.807) is 30.4 Å². The van der Waals surface area contributed by atoms with Crippen molar-refractivity contribution in [1.82, 2.24) is 0 Å². The molecule has 2 aromatic rings. The molecule has 0 bridgehead atoms. The Bertz CT molecular complexity index is 588. The van der Waals surface area contributed by atoms with E-state index in [4.69, 9.17) is 0 Å². The first-order valence-electron chi connectivity index (χ1n) is 5.44. The van der Waals surface area contributed by atoms with Crippen molar-refractivity contribution in [2.75, 3.05) is 0 Å². The minimum Gasteiger partial charge on any atom is -0.207 e. The molecule has 0 aliphatic carbocycles. The van der Waals surface area contributed by atoms with Gasteiger partial charge in [-0.2, -0.15) is 5.26 Å². The number of hydrogen-bond acceptors (Lipinski definition) is 2. The second-order valence-corrected chi connectivity index (χ2v) is 6.27. The molecule has 0 aliphatic heterocycles. The summed E-state index contributed by atoms with van der Waals surface area (Å²) in [6.45, 7) is 1.78.